The summed E-state index contributed by atoms with van der Waals surface area (Å²) in [4.78, 5) is 2.03. The second kappa shape index (κ2) is 7.47. The summed E-state index contributed by atoms with van der Waals surface area (Å²) in [6.07, 6.45) is 8.26. The van der Waals surface area contributed by atoms with E-state index in [1.807, 2.05) is 45.6 Å². The van der Waals surface area contributed by atoms with Crippen molar-refractivity contribution in [1.82, 2.24) is 14.8 Å². The molecule has 2 aliphatic heterocycles. The number of nitrogens with one attached hydrogen (secondary N) is 1. The van der Waals surface area contributed by atoms with Crippen LogP contribution >= 0.6 is 0 Å². The summed E-state index contributed by atoms with van der Waals surface area (Å²) in [5, 5.41) is 13.2. The van der Waals surface area contributed by atoms with Crippen LogP contribution in [0.25, 0.3) is 16.5 Å². The van der Waals surface area contributed by atoms with Gasteiger partial charge in [0.15, 0.2) is 0 Å². The second-order valence-corrected chi connectivity index (χ2v) is 9.42. The van der Waals surface area contributed by atoms with Crippen molar-refractivity contribution in [3.8, 4) is 0 Å². The number of hydrogen-bond acceptors (Lipinski definition) is 4. The maximum absolute atomic E-state index is 15.9. The smallest absolute Gasteiger partial charge is 0.148 e. The van der Waals surface area contributed by atoms with Crippen molar-refractivity contribution < 1.29 is 4.39 Å². The van der Waals surface area contributed by atoms with Gasteiger partial charge >= 0.3 is 0 Å². The SMILES string of the molecule is C/C=C(/C=C(/F)C1=C(C)N2CC(=NN=C2C)C(C)(C)N1)c1cccc2c1ccn2C1CC1. The number of amidine groups is 1. The molecule has 2 aromatic rings. The summed E-state index contributed by atoms with van der Waals surface area (Å²) < 4.78 is 18.3. The molecule has 0 saturated heterocycles. The number of rotatable bonds is 4. The molecule has 0 amide bonds. The summed E-state index contributed by atoms with van der Waals surface area (Å²) in [5.41, 5.74) is 4.82. The molecule has 1 N–H and O–H groups in total. The minimum Gasteiger partial charge on any atom is -0.371 e. The number of halogens is 1. The summed E-state index contributed by atoms with van der Waals surface area (Å²) >= 11 is 0. The lowest BCUT2D eigenvalue weighted by molar-refractivity contribution is 0.532. The lowest BCUT2D eigenvalue weighted by Crippen LogP contribution is -2.48. The van der Waals surface area contributed by atoms with E-state index in [1.165, 1.54) is 18.4 Å². The average molecular weight is 432 g/mol. The fourth-order valence-corrected chi connectivity index (χ4v) is 4.65. The van der Waals surface area contributed by atoms with Crippen LogP contribution < -0.4 is 5.32 Å². The first kappa shape index (κ1) is 20.7. The standard InChI is InChI=1S/C26H30FN5/c1-6-18(20-8-7-9-23-21(20)12-13-31(23)19-10-11-19)14-22(27)25-16(2)32-15-24(26(4,5)28-25)30-29-17(32)3/h6-9,12-14,19,28H,10-11,15H2,1-5H3/b18-6-,22-14+. The molecule has 2 bridgehead atoms. The van der Waals surface area contributed by atoms with Crippen molar-refractivity contribution in [3.05, 3.63) is 65.4 Å². The third kappa shape index (κ3) is 3.38. The number of aromatic nitrogens is 1. The van der Waals surface area contributed by atoms with E-state index in [0.29, 0.717) is 18.3 Å². The molecule has 0 atom stereocenters. The molecule has 3 aliphatic rings. The monoisotopic (exact) mass is 431 g/mol. The molecule has 5 nitrogen and oxygen atoms in total. The fourth-order valence-electron chi connectivity index (χ4n) is 4.65. The summed E-state index contributed by atoms with van der Waals surface area (Å²) in [6.45, 7) is 10.5. The highest BCUT2D eigenvalue weighted by Crippen LogP contribution is 2.39. The van der Waals surface area contributed by atoms with E-state index < -0.39 is 5.54 Å². The Morgan fingerprint density at radius 1 is 1.19 bits per heavy atom. The quantitative estimate of drug-likeness (QED) is 0.609. The van der Waals surface area contributed by atoms with Crippen molar-refractivity contribution in [2.24, 2.45) is 10.2 Å². The highest BCUT2D eigenvalue weighted by molar-refractivity contribution is 6.01. The largest absolute Gasteiger partial charge is 0.371 e. The van der Waals surface area contributed by atoms with Crippen LogP contribution in [0.15, 0.2) is 70.0 Å². The summed E-state index contributed by atoms with van der Waals surface area (Å²) in [5.74, 6) is 0.483. The molecule has 0 unspecified atom stereocenters. The van der Waals surface area contributed by atoms with E-state index in [-0.39, 0.29) is 5.83 Å². The number of fused-ring (bicyclic) bond motifs is 3. The van der Waals surface area contributed by atoms with Gasteiger partial charge in [0.05, 0.1) is 23.5 Å². The Labute approximate surface area is 188 Å². The van der Waals surface area contributed by atoms with Gasteiger partial charge in [-0.1, -0.05) is 18.2 Å². The lowest BCUT2D eigenvalue weighted by Gasteiger charge is -2.30. The van der Waals surface area contributed by atoms with Crippen molar-refractivity contribution >= 4 is 28.0 Å². The Morgan fingerprint density at radius 3 is 2.69 bits per heavy atom. The van der Waals surface area contributed by atoms with Crippen molar-refractivity contribution in [2.45, 2.75) is 59.0 Å². The van der Waals surface area contributed by atoms with Crippen LogP contribution in [0.5, 0.6) is 0 Å². The number of nitrogens with zero attached hydrogens (tertiary/aromatic N) is 4. The Balaban J connectivity index is 1.57. The van der Waals surface area contributed by atoms with Crippen LogP contribution in [0.2, 0.25) is 0 Å². The third-order valence-electron chi connectivity index (χ3n) is 6.79. The first-order valence-electron chi connectivity index (χ1n) is 11.3. The number of hydrogen-bond donors (Lipinski definition) is 1. The van der Waals surface area contributed by atoms with Crippen LogP contribution in [0.1, 0.15) is 59.1 Å². The van der Waals surface area contributed by atoms with E-state index in [4.69, 9.17) is 0 Å². The molecule has 3 heterocycles. The summed E-state index contributed by atoms with van der Waals surface area (Å²) in [7, 11) is 0. The molecule has 1 aromatic carbocycles. The molecule has 1 aromatic heterocycles. The van der Waals surface area contributed by atoms with Crippen molar-refractivity contribution in [2.75, 3.05) is 6.54 Å². The van der Waals surface area contributed by atoms with Gasteiger partial charge in [-0.3, -0.25) is 0 Å². The second-order valence-electron chi connectivity index (χ2n) is 9.42. The Morgan fingerprint density at radius 2 is 1.97 bits per heavy atom. The van der Waals surface area contributed by atoms with Crippen LogP contribution in [0.3, 0.4) is 0 Å². The molecule has 6 heteroatoms. The van der Waals surface area contributed by atoms with Gasteiger partial charge in [0.2, 0.25) is 0 Å². The maximum Gasteiger partial charge on any atom is 0.148 e. The van der Waals surface area contributed by atoms with E-state index in [2.05, 4.69) is 50.5 Å². The third-order valence-corrected chi connectivity index (χ3v) is 6.79. The van der Waals surface area contributed by atoms with E-state index >= 15 is 4.39 Å². The Bertz CT molecular complexity index is 1250. The average Bonchev–Trinajstić information content (AvgIpc) is 3.54. The highest BCUT2D eigenvalue weighted by Gasteiger charge is 2.36. The zero-order valence-electron chi connectivity index (χ0n) is 19.4. The first-order chi connectivity index (χ1) is 15.3. The van der Waals surface area contributed by atoms with Gasteiger partial charge in [0.25, 0.3) is 0 Å². The molecular weight excluding hydrogens is 401 g/mol. The molecular formula is C26H30FN5. The highest BCUT2D eigenvalue weighted by atomic mass is 19.1. The lowest BCUT2D eigenvalue weighted by atomic mass is 9.97. The predicted molar refractivity (Wildman–Crippen MR) is 130 cm³/mol. The Kier molecular flexibility index (Phi) is 4.84. The topological polar surface area (TPSA) is 44.9 Å². The van der Waals surface area contributed by atoms with Gasteiger partial charge in [0.1, 0.15) is 11.7 Å². The minimum atomic E-state index is -0.502. The molecule has 1 saturated carbocycles. The van der Waals surface area contributed by atoms with Crippen molar-refractivity contribution in [3.63, 3.8) is 0 Å². The van der Waals surface area contributed by atoms with Crippen LogP contribution in [0, 0.1) is 0 Å². The van der Waals surface area contributed by atoms with Crippen LogP contribution in [0.4, 0.5) is 4.39 Å². The fraction of sp³-hybridized carbons (Fsp3) is 0.385. The normalized spacial score (nSPS) is 21.4. The van der Waals surface area contributed by atoms with Crippen molar-refractivity contribution in [1.29, 1.82) is 0 Å². The number of benzene rings is 1. The van der Waals surface area contributed by atoms with Gasteiger partial charge in [-0.15, -0.1) is 5.10 Å². The van der Waals surface area contributed by atoms with E-state index in [1.54, 1.807) is 6.08 Å². The molecule has 0 spiro atoms. The van der Waals surface area contributed by atoms with Crippen LogP contribution in [-0.4, -0.2) is 33.1 Å². The zero-order valence-corrected chi connectivity index (χ0v) is 19.4. The van der Waals surface area contributed by atoms with Gasteiger partial charge in [-0.05, 0) is 76.8 Å². The summed E-state index contributed by atoms with van der Waals surface area (Å²) in [6, 6.07) is 9.06. The minimum absolute atomic E-state index is 0.289. The first-order valence-corrected chi connectivity index (χ1v) is 11.3. The van der Waals surface area contributed by atoms with Gasteiger partial charge in [0, 0.05) is 28.8 Å². The molecule has 32 heavy (non-hydrogen) atoms. The van der Waals surface area contributed by atoms with Gasteiger partial charge < -0.3 is 14.8 Å². The van der Waals surface area contributed by atoms with Gasteiger partial charge in [-0.25, -0.2) is 4.39 Å². The van der Waals surface area contributed by atoms with E-state index in [9.17, 15) is 0 Å². The van der Waals surface area contributed by atoms with E-state index in [0.717, 1.165) is 33.8 Å². The predicted octanol–water partition coefficient (Wildman–Crippen LogP) is 5.94. The molecule has 0 radical (unpaired) electrons. The zero-order chi connectivity index (χ0) is 22.6. The van der Waals surface area contributed by atoms with Crippen LogP contribution in [-0.2, 0) is 0 Å². The molecule has 1 fully saturated rings. The Hall–Kier alpha value is -3.15. The molecule has 1 aliphatic carbocycles. The van der Waals surface area contributed by atoms with Gasteiger partial charge in [-0.2, -0.15) is 5.10 Å². The number of allylic oxidation sites excluding steroid dienone is 5. The molecule has 5 rings (SSSR count). The molecule has 166 valence electrons. The maximum atomic E-state index is 15.9.